The largest absolute Gasteiger partial charge is 0.273 e. The van der Waals surface area contributed by atoms with Gasteiger partial charge in [0.2, 0.25) is 15.3 Å². The molecule has 0 amide bonds. The molecule has 3 aromatic rings. The number of benzene rings is 2. The van der Waals surface area contributed by atoms with E-state index in [9.17, 15) is 8.42 Å². The molecule has 0 N–H and O–H groups in total. The predicted molar refractivity (Wildman–Crippen MR) is 93.2 cm³/mol. The van der Waals surface area contributed by atoms with E-state index >= 15 is 0 Å². The zero-order valence-electron chi connectivity index (χ0n) is 12.6. The molecular formula is C16H14ClN3O2S. The Kier molecular flexibility index (Phi) is 3.95. The Bertz CT molecular complexity index is 990. The van der Waals surface area contributed by atoms with Crippen molar-refractivity contribution in [3.63, 3.8) is 0 Å². The summed E-state index contributed by atoms with van der Waals surface area (Å²) in [5, 5.41) is 0.989. The molecule has 0 atom stereocenters. The molecule has 0 bridgehead atoms. The Hall–Kier alpha value is -2.18. The third-order valence-corrected chi connectivity index (χ3v) is 4.99. The second-order valence-electron chi connectivity index (χ2n) is 5.13. The maximum Gasteiger partial charge on any atom is 0.232 e. The fourth-order valence-electron chi connectivity index (χ4n) is 2.41. The highest BCUT2D eigenvalue weighted by molar-refractivity contribution is 7.92. The Morgan fingerprint density at radius 2 is 1.74 bits per heavy atom. The van der Waals surface area contributed by atoms with Crippen molar-refractivity contribution < 1.29 is 8.42 Å². The van der Waals surface area contributed by atoms with E-state index in [0.29, 0.717) is 11.2 Å². The topological polar surface area (TPSA) is 63.2 Å². The minimum absolute atomic E-state index is 0.152. The molecule has 2 aromatic carbocycles. The Labute approximate surface area is 139 Å². The lowest BCUT2D eigenvalue weighted by molar-refractivity contribution is 0.600. The van der Waals surface area contributed by atoms with Crippen molar-refractivity contribution in [2.45, 2.75) is 0 Å². The zero-order chi connectivity index (χ0) is 16.6. The summed E-state index contributed by atoms with van der Waals surface area (Å²) in [4.78, 5) is 8.29. The zero-order valence-corrected chi connectivity index (χ0v) is 14.1. The van der Waals surface area contributed by atoms with Crippen LogP contribution < -0.4 is 4.31 Å². The van der Waals surface area contributed by atoms with Crippen LogP contribution in [0.25, 0.3) is 22.0 Å². The van der Waals surface area contributed by atoms with Gasteiger partial charge in [0, 0.05) is 29.8 Å². The third-order valence-electron chi connectivity index (χ3n) is 3.61. The van der Waals surface area contributed by atoms with Gasteiger partial charge in [-0.1, -0.05) is 36.4 Å². The first-order valence-electron chi connectivity index (χ1n) is 6.82. The summed E-state index contributed by atoms with van der Waals surface area (Å²) in [6.07, 6.45) is 2.82. The normalized spacial score (nSPS) is 11.6. The molecule has 0 aliphatic carbocycles. The lowest BCUT2D eigenvalue weighted by atomic mass is 10.0. The lowest BCUT2D eigenvalue weighted by Gasteiger charge is -2.20. The van der Waals surface area contributed by atoms with E-state index in [1.807, 2.05) is 30.3 Å². The molecule has 0 saturated heterocycles. The van der Waals surface area contributed by atoms with Crippen molar-refractivity contribution >= 4 is 38.2 Å². The quantitative estimate of drug-likeness (QED) is 0.682. The fourth-order valence-corrected chi connectivity index (χ4v) is 3.06. The maximum atomic E-state index is 11.9. The van der Waals surface area contributed by atoms with Gasteiger partial charge in [0.15, 0.2) is 0 Å². The van der Waals surface area contributed by atoms with Gasteiger partial charge in [0.25, 0.3) is 0 Å². The van der Waals surface area contributed by atoms with Gasteiger partial charge >= 0.3 is 0 Å². The summed E-state index contributed by atoms with van der Waals surface area (Å²) >= 11 is 5.92. The Morgan fingerprint density at radius 1 is 1.04 bits per heavy atom. The molecule has 23 heavy (non-hydrogen) atoms. The predicted octanol–water partition coefficient (Wildman–Crippen LogP) is 3.35. The molecule has 1 aromatic heterocycles. The number of sulfonamides is 1. The second-order valence-corrected chi connectivity index (χ2v) is 7.48. The van der Waals surface area contributed by atoms with Gasteiger partial charge in [0.1, 0.15) is 0 Å². The molecule has 0 unspecified atom stereocenters. The highest BCUT2D eigenvalue weighted by Crippen LogP contribution is 2.35. The first kappa shape index (κ1) is 15.7. The van der Waals surface area contributed by atoms with E-state index in [1.165, 1.54) is 17.6 Å². The molecule has 7 heteroatoms. The van der Waals surface area contributed by atoms with Gasteiger partial charge in [-0.05, 0) is 17.7 Å². The Balaban J connectivity index is 2.31. The van der Waals surface area contributed by atoms with Gasteiger partial charge in [0.05, 0.1) is 17.5 Å². The number of para-hydroxylation sites is 2. The van der Waals surface area contributed by atoms with Crippen LogP contribution in [-0.4, -0.2) is 31.7 Å². The molecule has 1 heterocycles. The highest BCUT2D eigenvalue weighted by atomic mass is 35.5. The molecule has 118 valence electrons. The standard InChI is InChI=1S/C16H14ClN3O2S/c1-20(23(2,21)22)14-9-4-3-7-12(14)13-8-5-6-11-10-18-16(17)19-15(11)13/h3-10H,1-2H3. The monoisotopic (exact) mass is 347 g/mol. The van der Waals surface area contributed by atoms with Crippen LogP contribution in [0.1, 0.15) is 0 Å². The second kappa shape index (κ2) is 5.79. The van der Waals surface area contributed by atoms with Crippen LogP contribution in [-0.2, 0) is 10.0 Å². The molecule has 5 nitrogen and oxygen atoms in total. The molecule has 0 spiro atoms. The van der Waals surface area contributed by atoms with Crippen molar-refractivity contribution in [1.82, 2.24) is 9.97 Å². The molecule has 0 aliphatic heterocycles. The van der Waals surface area contributed by atoms with E-state index in [0.717, 1.165) is 16.5 Å². The van der Waals surface area contributed by atoms with Crippen molar-refractivity contribution in [1.29, 1.82) is 0 Å². The van der Waals surface area contributed by atoms with E-state index in [1.54, 1.807) is 18.3 Å². The average Bonchev–Trinajstić information content (AvgIpc) is 2.52. The smallest absolute Gasteiger partial charge is 0.232 e. The van der Waals surface area contributed by atoms with Crippen LogP contribution in [0.4, 0.5) is 5.69 Å². The Morgan fingerprint density at radius 3 is 2.48 bits per heavy atom. The van der Waals surface area contributed by atoms with Crippen molar-refractivity contribution in [3.8, 4) is 11.1 Å². The molecule has 0 fully saturated rings. The number of anilines is 1. The molecular weight excluding hydrogens is 334 g/mol. The summed E-state index contributed by atoms with van der Waals surface area (Å²) in [6.45, 7) is 0. The van der Waals surface area contributed by atoms with Crippen LogP contribution >= 0.6 is 11.6 Å². The van der Waals surface area contributed by atoms with Crippen molar-refractivity contribution in [2.75, 3.05) is 17.6 Å². The number of rotatable bonds is 3. The minimum Gasteiger partial charge on any atom is -0.273 e. The van der Waals surface area contributed by atoms with Crippen LogP contribution in [0.3, 0.4) is 0 Å². The SMILES string of the molecule is CN(c1ccccc1-c1cccc2cnc(Cl)nc12)S(C)(=O)=O. The number of fused-ring (bicyclic) bond motifs is 1. The van der Waals surface area contributed by atoms with Crippen molar-refractivity contribution in [3.05, 3.63) is 53.9 Å². The van der Waals surface area contributed by atoms with Crippen LogP contribution in [0, 0.1) is 0 Å². The average molecular weight is 348 g/mol. The number of nitrogens with zero attached hydrogens (tertiary/aromatic N) is 3. The van der Waals surface area contributed by atoms with E-state index in [4.69, 9.17) is 11.6 Å². The molecule has 0 radical (unpaired) electrons. The summed E-state index contributed by atoms with van der Waals surface area (Å²) < 4.78 is 25.1. The summed E-state index contributed by atoms with van der Waals surface area (Å²) in [6, 6.07) is 12.9. The first-order chi connectivity index (χ1) is 10.9. The van der Waals surface area contributed by atoms with Crippen molar-refractivity contribution in [2.24, 2.45) is 0 Å². The molecule has 0 aliphatic rings. The first-order valence-corrected chi connectivity index (χ1v) is 9.05. The van der Waals surface area contributed by atoms with Crippen LogP contribution in [0.15, 0.2) is 48.7 Å². The summed E-state index contributed by atoms with van der Waals surface area (Å²) in [5.74, 6) is 0. The van der Waals surface area contributed by atoms with Crippen LogP contribution in [0.2, 0.25) is 5.28 Å². The van der Waals surface area contributed by atoms with E-state index in [2.05, 4.69) is 9.97 Å². The number of hydrogen-bond acceptors (Lipinski definition) is 4. The van der Waals surface area contributed by atoms with Gasteiger partial charge in [-0.25, -0.2) is 18.4 Å². The van der Waals surface area contributed by atoms with Gasteiger partial charge in [-0.3, -0.25) is 4.31 Å². The highest BCUT2D eigenvalue weighted by Gasteiger charge is 2.18. The van der Waals surface area contributed by atoms with E-state index < -0.39 is 10.0 Å². The van der Waals surface area contributed by atoms with Gasteiger partial charge in [-0.2, -0.15) is 0 Å². The van der Waals surface area contributed by atoms with Gasteiger partial charge < -0.3 is 0 Å². The fraction of sp³-hybridized carbons (Fsp3) is 0.125. The van der Waals surface area contributed by atoms with E-state index in [-0.39, 0.29) is 5.28 Å². The third kappa shape index (κ3) is 3.00. The number of hydrogen-bond donors (Lipinski definition) is 0. The molecule has 3 rings (SSSR count). The lowest BCUT2D eigenvalue weighted by Crippen LogP contribution is -2.25. The van der Waals surface area contributed by atoms with Gasteiger partial charge in [-0.15, -0.1) is 0 Å². The number of aromatic nitrogens is 2. The minimum atomic E-state index is -3.37. The van der Waals surface area contributed by atoms with Crippen LogP contribution in [0.5, 0.6) is 0 Å². The maximum absolute atomic E-state index is 11.9. The molecule has 0 saturated carbocycles. The summed E-state index contributed by atoms with van der Waals surface area (Å²) in [5.41, 5.74) is 2.83. The summed E-state index contributed by atoms with van der Waals surface area (Å²) in [7, 11) is -1.84. The number of halogens is 1.